The van der Waals surface area contributed by atoms with E-state index in [2.05, 4.69) is 10.2 Å². The molecule has 1 aliphatic rings. The Morgan fingerprint density at radius 2 is 1.91 bits per heavy atom. The molecule has 3 aromatic carbocycles. The number of para-hydroxylation sites is 1. The smallest absolute Gasteiger partial charge is 0.267 e. The third-order valence-electron chi connectivity index (χ3n) is 6.07. The van der Waals surface area contributed by atoms with Crippen LogP contribution in [0.1, 0.15) is 16.7 Å². The number of thioether (sulfide) groups is 1. The van der Waals surface area contributed by atoms with Gasteiger partial charge in [-0.15, -0.1) is 10.2 Å². The number of benzene rings is 3. The topological polar surface area (TPSA) is 70.7 Å². The van der Waals surface area contributed by atoms with Gasteiger partial charge in [0.05, 0.1) is 21.6 Å². The highest BCUT2D eigenvalue weighted by Gasteiger charge is 2.21. The van der Waals surface area contributed by atoms with Crippen LogP contribution in [0.5, 0.6) is 11.5 Å². The minimum absolute atomic E-state index is 0.122. The van der Waals surface area contributed by atoms with Gasteiger partial charge in [0.2, 0.25) is 12.6 Å². The second-order valence-electron chi connectivity index (χ2n) is 8.09. The van der Waals surface area contributed by atoms with Crippen LogP contribution in [-0.4, -0.2) is 26.0 Å². The molecule has 0 N–H and O–H groups in total. The number of aryl methyl sites for hydroxylation is 1. The Balaban J connectivity index is 1.51. The van der Waals surface area contributed by atoms with E-state index in [0.29, 0.717) is 38.6 Å². The molecule has 170 valence electrons. The zero-order valence-electron chi connectivity index (χ0n) is 18.4. The van der Waals surface area contributed by atoms with Crippen molar-refractivity contribution in [2.45, 2.75) is 24.8 Å². The fourth-order valence-electron chi connectivity index (χ4n) is 4.22. The van der Waals surface area contributed by atoms with Gasteiger partial charge in [0.15, 0.2) is 16.7 Å². The lowest BCUT2D eigenvalue weighted by Gasteiger charge is -2.14. The summed E-state index contributed by atoms with van der Waals surface area (Å²) in [5.74, 6) is 2.28. The van der Waals surface area contributed by atoms with Crippen LogP contribution in [0, 0.1) is 13.8 Å². The molecule has 6 rings (SSSR count). The Morgan fingerprint density at radius 1 is 1.06 bits per heavy atom. The predicted octanol–water partition coefficient (Wildman–Crippen LogP) is 5.32. The molecule has 1 aliphatic heterocycles. The number of hydrogen-bond donors (Lipinski definition) is 0. The van der Waals surface area contributed by atoms with Gasteiger partial charge in [-0.1, -0.05) is 47.6 Å². The molecular formula is C25H19ClN4O3S. The summed E-state index contributed by atoms with van der Waals surface area (Å²) in [5.41, 5.74) is 4.54. The highest BCUT2D eigenvalue weighted by atomic mass is 35.5. The molecule has 0 atom stereocenters. The number of fused-ring (bicyclic) bond motifs is 4. The molecule has 0 bridgehead atoms. The maximum Gasteiger partial charge on any atom is 0.267 e. The number of nitrogens with zero attached hydrogens (tertiary/aromatic N) is 4. The standard InChI is InChI=1S/C25H19ClN4O3S/c1-14-6-5-9-19(15(14)2)29-23(31)17-7-3-4-8-20(17)30-24(29)27-28-25(30)34-12-16-10-18(26)22-21(11-16)32-13-33-22/h3-11H,12-13H2,1-2H3. The monoisotopic (exact) mass is 490 g/mol. The normalized spacial score (nSPS) is 12.7. The quantitative estimate of drug-likeness (QED) is 0.317. The second kappa shape index (κ2) is 8.07. The van der Waals surface area contributed by atoms with Crippen LogP contribution in [0.25, 0.3) is 22.4 Å². The number of ether oxygens (including phenoxy) is 2. The molecule has 0 saturated heterocycles. The average Bonchev–Trinajstić information content (AvgIpc) is 3.48. The van der Waals surface area contributed by atoms with Crippen molar-refractivity contribution < 1.29 is 9.47 Å². The number of rotatable bonds is 4. The lowest BCUT2D eigenvalue weighted by Crippen LogP contribution is -2.22. The van der Waals surface area contributed by atoms with Gasteiger partial charge in [-0.25, -0.2) is 4.57 Å². The van der Waals surface area contributed by atoms with Crippen molar-refractivity contribution in [1.29, 1.82) is 0 Å². The summed E-state index contributed by atoms with van der Waals surface area (Å²) in [6.07, 6.45) is 0. The molecule has 0 fully saturated rings. The van der Waals surface area contributed by atoms with Crippen LogP contribution in [0.4, 0.5) is 0 Å². The van der Waals surface area contributed by atoms with Crippen molar-refractivity contribution in [2.75, 3.05) is 6.79 Å². The van der Waals surface area contributed by atoms with Crippen molar-refractivity contribution >= 4 is 40.0 Å². The predicted molar refractivity (Wildman–Crippen MR) is 133 cm³/mol. The number of halogens is 1. The molecule has 0 aliphatic carbocycles. The summed E-state index contributed by atoms with van der Waals surface area (Å²) in [7, 11) is 0. The minimum Gasteiger partial charge on any atom is -0.454 e. The van der Waals surface area contributed by atoms with Crippen molar-refractivity contribution in [3.63, 3.8) is 0 Å². The molecule has 2 aromatic heterocycles. The lowest BCUT2D eigenvalue weighted by atomic mass is 10.1. The summed E-state index contributed by atoms with van der Waals surface area (Å²) < 4.78 is 14.5. The van der Waals surface area contributed by atoms with Crippen LogP contribution < -0.4 is 15.0 Å². The Labute approximate surface area is 203 Å². The van der Waals surface area contributed by atoms with E-state index in [1.165, 1.54) is 11.8 Å². The zero-order valence-corrected chi connectivity index (χ0v) is 20.0. The van der Waals surface area contributed by atoms with Crippen molar-refractivity contribution in [2.24, 2.45) is 0 Å². The van der Waals surface area contributed by atoms with E-state index in [-0.39, 0.29) is 12.4 Å². The Morgan fingerprint density at radius 3 is 2.79 bits per heavy atom. The van der Waals surface area contributed by atoms with E-state index in [4.69, 9.17) is 21.1 Å². The average molecular weight is 491 g/mol. The summed E-state index contributed by atoms with van der Waals surface area (Å²) in [5, 5.41) is 10.7. The molecule has 3 heterocycles. The molecular weight excluding hydrogens is 472 g/mol. The molecule has 0 radical (unpaired) electrons. The maximum absolute atomic E-state index is 13.6. The fourth-order valence-corrected chi connectivity index (χ4v) is 5.38. The molecule has 5 aromatic rings. The SMILES string of the molecule is Cc1cccc(-n2c(=O)c3ccccc3n3c(SCc4cc(Cl)c5c(c4)OCO5)nnc23)c1C. The van der Waals surface area contributed by atoms with Gasteiger partial charge in [0.25, 0.3) is 5.56 Å². The first-order valence-electron chi connectivity index (χ1n) is 10.7. The zero-order chi connectivity index (χ0) is 23.4. The van der Waals surface area contributed by atoms with Crippen LogP contribution in [0.3, 0.4) is 0 Å². The molecule has 34 heavy (non-hydrogen) atoms. The number of hydrogen-bond acceptors (Lipinski definition) is 6. The molecule has 0 amide bonds. The minimum atomic E-state index is -0.122. The summed E-state index contributed by atoms with van der Waals surface area (Å²) in [4.78, 5) is 13.6. The van der Waals surface area contributed by atoms with Gasteiger partial charge in [-0.3, -0.25) is 9.20 Å². The molecule has 9 heteroatoms. The first-order valence-corrected chi connectivity index (χ1v) is 12.1. The first kappa shape index (κ1) is 21.1. The summed E-state index contributed by atoms with van der Waals surface area (Å²) in [6, 6.07) is 17.3. The van der Waals surface area contributed by atoms with Gasteiger partial charge in [-0.05, 0) is 60.9 Å². The Hall–Kier alpha value is -3.49. The molecule has 0 unspecified atom stereocenters. The molecule has 0 spiro atoms. The van der Waals surface area contributed by atoms with E-state index < -0.39 is 0 Å². The number of aromatic nitrogens is 4. The van der Waals surface area contributed by atoms with E-state index in [1.807, 2.05) is 72.8 Å². The van der Waals surface area contributed by atoms with Crippen molar-refractivity contribution in [3.8, 4) is 17.2 Å². The van der Waals surface area contributed by atoms with Crippen LogP contribution in [0.2, 0.25) is 5.02 Å². The third kappa shape index (κ3) is 3.25. The van der Waals surface area contributed by atoms with Gasteiger partial charge in [0, 0.05) is 5.75 Å². The van der Waals surface area contributed by atoms with E-state index >= 15 is 0 Å². The first-order chi connectivity index (χ1) is 16.5. The third-order valence-corrected chi connectivity index (χ3v) is 7.35. The van der Waals surface area contributed by atoms with Gasteiger partial charge >= 0.3 is 0 Å². The van der Waals surface area contributed by atoms with Crippen LogP contribution in [-0.2, 0) is 5.75 Å². The Bertz CT molecular complexity index is 1660. The van der Waals surface area contributed by atoms with Crippen LogP contribution in [0.15, 0.2) is 64.5 Å². The van der Waals surface area contributed by atoms with E-state index in [9.17, 15) is 4.79 Å². The van der Waals surface area contributed by atoms with Crippen molar-refractivity contribution in [1.82, 2.24) is 19.2 Å². The summed E-state index contributed by atoms with van der Waals surface area (Å²) in [6.45, 7) is 4.21. The molecule has 7 nitrogen and oxygen atoms in total. The molecule has 0 saturated carbocycles. The van der Waals surface area contributed by atoms with Gasteiger partial charge in [-0.2, -0.15) is 0 Å². The largest absolute Gasteiger partial charge is 0.454 e. The van der Waals surface area contributed by atoms with Crippen molar-refractivity contribution in [3.05, 3.63) is 86.7 Å². The van der Waals surface area contributed by atoms with Gasteiger partial charge < -0.3 is 9.47 Å². The highest BCUT2D eigenvalue weighted by molar-refractivity contribution is 7.98. The fraction of sp³-hybridized carbons (Fsp3) is 0.160. The Kier molecular flexibility index (Phi) is 5.00. The summed E-state index contributed by atoms with van der Waals surface area (Å²) >= 11 is 7.87. The highest BCUT2D eigenvalue weighted by Crippen LogP contribution is 2.41. The van der Waals surface area contributed by atoms with Gasteiger partial charge in [0.1, 0.15) is 0 Å². The van der Waals surface area contributed by atoms with E-state index in [0.717, 1.165) is 27.9 Å². The van der Waals surface area contributed by atoms with Crippen LogP contribution >= 0.6 is 23.4 Å². The maximum atomic E-state index is 13.6. The second-order valence-corrected chi connectivity index (χ2v) is 9.44. The van der Waals surface area contributed by atoms with E-state index in [1.54, 1.807) is 4.57 Å². The lowest BCUT2D eigenvalue weighted by molar-refractivity contribution is 0.174.